The molecule has 14 heavy (non-hydrogen) atoms. The number of likely N-dealkylation sites (N-methyl/N-ethyl adjacent to an activating group) is 1. The number of hydrogen-bond acceptors (Lipinski definition) is 4. The van der Waals surface area contributed by atoms with E-state index in [0.717, 1.165) is 0 Å². The molecule has 0 aliphatic rings. The lowest BCUT2D eigenvalue weighted by Crippen LogP contribution is -2.27. The molecule has 0 radical (unpaired) electrons. The minimum Gasteiger partial charge on any atom is -0.467 e. The Labute approximate surface area is 86.7 Å². The monoisotopic (exact) mass is 215 g/mol. The van der Waals surface area contributed by atoms with Crippen LogP contribution in [0.15, 0.2) is 12.3 Å². The van der Waals surface area contributed by atoms with Gasteiger partial charge in [-0.25, -0.2) is 4.98 Å². The van der Waals surface area contributed by atoms with Gasteiger partial charge < -0.3 is 9.64 Å². The Morgan fingerprint density at radius 1 is 1.64 bits per heavy atom. The molecule has 0 atom stereocenters. The standard InChI is InChI=1S/C8H10ClN3O2/c1-12(2)7(13)5-14-6-3-4-10-8(9)11-6/h3-4H,5H2,1-2H3. The lowest BCUT2D eigenvalue weighted by Gasteiger charge is -2.10. The maximum Gasteiger partial charge on any atom is 0.260 e. The van der Waals surface area contributed by atoms with Crippen LogP contribution in [0, 0.1) is 0 Å². The number of carbonyl (C=O) groups is 1. The molecule has 1 heterocycles. The summed E-state index contributed by atoms with van der Waals surface area (Å²) < 4.78 is 5.08. The lowest BCUT2D eigenvalue weighted by atomic mass is 10.6. The maximum atomic E-state index is 11.1. The van der Waals surface area contributed by atoms with Crippen molar-refractivity contribution in [1.29, 1.82) is 0 Å². The summed E-state index contributed by atoms with van der Waals surface area (Å²) in [4.78, 5) is 20.0. The van der Waals surface area contributed by atoms with Crippen LogP contribution in [0.4, 0.5) is 0 Å². The first kappa shape index (κ1) is 10.7. The summed E-state index contributed by atoms with van der Waals surface area (Å²) in [5, 5.41) is 0.0970. The van der Waals surface area contributed by atoms with Crippen molar-refractivity contribution >= 4 is 17.5 Å². The Kier molecular flexibility index (Phi) is 3.64. The van der Waals surface area contributed by atoms with Gasteiger partial charge in [-0.2, -0.15) is 4.98 Å². The van der Waals surface area contributed by atoms with Crippen LogP contribution in [0.1, 0.15) is 0 Å². The molecule has 0 aromatic carbocycles. The topological polar surface area (TPSA) is 55.3 Å². The van der Waals surface area contributed by atoms with Crippen LogP contribution in [0.25, 0.3) is 0 Å². The van der Waals surface area contributed by atoms with E-state index in [2.05, 4.69) is 9.97 Å². The number of ether oxygens (including phenoxy) is 1. The van der Waals surface area contributed by atoms with Gasteiger partial charge in [0, 0.05) is 26.4 Å². The Balaban J connectivity index is 2.50. The molecule has 0 aliphatic heterocycles. The van der Waals surface area contributed by atoms with Gasteiger partial charge in [0.15, 0.2) is 6.61 Å². The average Bonchev–Trinajstić information content (AvgIpc) is 2.14. The Bertz CT molecular complexity index is 330. The second-order valence-electron chi connectivity index (χ2n) is 2.74. The normalized spacial score (nSPS) is 9.64. The van der Waals surface area contributed by atoms with E-state index in [4.69, 9.17) is 16.3 Å². The summed E-state index contributed by atoms with van der Waals surface area (Å²) in [5.74, 6) is 0.153. The second-order valence-corrected chi connectivity index (χ2v) is 3.08. The van der Waals surface area contributed by atoms with Gasteiger partial charge in [0.05, 0.1) is 0 Å². The van der Waals surface area contributed by atoms with E-state index in [1.54, 1.807) is 14.1 Å². The number of halogens is 1. The Hall–Kier alpha value is -1.36. The predicted molar refractivity (Wildman–Crippen MR) is 51.2 cm³/mol. The van der Waals surface area contributed by atoms with Gasteiger partial charge >= 0.3 is 0 Å². The highest BCUT2D eigenvalue weighted by molar-refractivity contribution is 6.28. The van der Waals surface area contributed by atoms with Crippen molar-refractivity contribution in [1.82, 2.24) is 14.9 Å². The summed E-state index contributed by atoms with van der Waals surface area (Å²) in [6.07, 6.45) is 1.46. The average molecular weight is 216 g/mol. The first-order valence-corrected chi connectivity index (χ1v) is 4.29. The highest BCUT2D eigenvalue weighted by atomic mass is 35.5. The summed E-state index contributed by atoms with van der Waals surface area (Å²) in [5.41, 5.74) is 0. The number of aromatic nitrogens is 2. The van der Waals surface area contributed by atoms with Crippen molar-refractivity contribution in [2.24, 2.45) is 0 Å². The van der Waals surface area contributed by atoms with E-state index in [9.17, 15) is 4.79 Å². The van der Waals surface area contributed by atoms with Gasteiger partial charge in [0.1, 0.15) is 0 Å². The van der Waals surface area contributed by atoms with Crippen molar-refractivity contribution in [2.75, 3.05) is 20.7 Å². The highest BCUT2D eigenvalue weighted by Crippen LogP contribution is 2.07. The summed E-state index contributed by atoms with van der Waals surface area (Å²) in [6.45, 7) is -0.0552. The van der Waals surface area contributed by atoms with Crippen molar-refractivity contribution in [2.45, 2.75) is 0 Å². The first-order valence-electron chi connectivity index (χ1n) is 3.91. The van der Waals surface area contributed by atoms with Crippen molar-refractivity contribution < 1.29 is 9.53 Å². The van der Waals surface area contributed by atoms with E-state index >= 15 is 0 Å². The molecule has 6 heteroatoms. The third kappa shape index (κ3) is 3.18. The molecule has 1 aromatic heterocycles. The van der Waals surface area contributed by atoms with Gasteiger partial charge in [-0.05, 0) is 11.6 Å². The summed E-state index contributed by atoms with van der Waals surface area (Å²) >= 11 is 5.53. The summed E-state index contributed by atoms with van der Waals surface area (Å²) in [6, 6.07) is 1.54. The Morgan fingerprint density at radius 3 is 2.93 bits per heavy atom. The van der Waals surface area contributed by atoms with Gasteiger partial charge in [0.2, 0.25) is 11.2 Å². The first-order chi connectivity index (χ1) is 6.59. The van der Waals surface area contributed by atoms with E-state index in [1.165, 1.54) is 17.2 Å². The van der Waals surface area contributed by atoms with Gasteiger partial charge in [-0.1, -0.05) is 0 Å². The van der Waals surface area contributed by atoms with Crippen molar-refractivity contribution in [3.63, 3.8) is 0 Å². The fourth-order valence-electron chi connectivity index (χ4n) is 0.665. The minimum absolute atomic E-state index is 0.0552. The molecule has 0 fully saturated rings. The van der Waals surface area contributed by atoms with Gasteiger partial charge in [-0.3, -0.25) is 4.79 Å². The largest absolute Gasteiger partial charge is 0.467 e. The summed E-state index contributed by atoms with van der Waals surface area (Å²) in [7, 11) is 3.30. The molecule has 0 spiro atoms. The smallest absolute Gasteiger partial charge is 0.260 e. The van der Waals surface area contributed by atoms with E-state index < -0.39 is 0 Å². The number of nitrogens with zero attached hydrogens (tertiary/aromatic N) is 3. The van der Waals surface area contributed by atoms with Crippen LogP contribution >= 0.6 is 11.6 Å². The zero-order chi connectivity index (χ0) is 10.6. The van der Waals surface area contributed by atoms with Crippen LogP contribution in [0.5, 0.6) is 5.88 Å². The molecule has 0 unspecified atom stereocenters. The zero-order valence-electron chi connectivity index (χ0n) is 7.90. The fraction of sp³-hybridized carbons (Fsp3) is 0.375. The number of hydrogen-bond donors (Lipinski definition) is 0. The molecule has 0 aliphatic carbocycles. The van der Waals surface area contributed by atoms with E-state index in [-0.39, 0.29) is 17.8 Å². The van der Waals surface area contributed by atoms with Crippen LogP contribution in [-0.4, -0.2) is 41.5 Å². The van der Waals surface area contributed by atoms with E-state index in [0.29, 0.717) is 5.88 Å². The molecular formula is C8H10ClN3O2. The number of carbonyl (C=O) groups excluding carboxylic acids is 1. The van der Waals surface area contributed by atoms with Crippen LogP contribution in [-0.2, 0) is 4.79 Å². The molecular weight excluding hydrogens is 206 g/mol. The van der Waals surface area contributed by atoms with E-state index in [1.807, 2.05) is 0 Å². The molecule has 0 bridgehead atoms. The zero-order valence-corrected chi connectivity index (χ0v) is 8.65. The van der Waals surface area contributed by atoms with Crippen molar-refractivity contribution in [3.05, 3.63) is 17.5 Å². The third-order valence-electron chi connectivity index (χ3n) is 1.44. The SMILES string of the molecule is CN(C)C(=O)COc1ccnc(Cl)n1. The van der Waals surface area contributed by atoms with Crippen LogP contribution in [0.2, 0.25) is 5.28 Å². The molecule has 0 saturated carbocycles. The second kappa shape index (κ2) is 4.76. The molecule has 0 saturated heterocycles. The molecule has 0 N–H and O–H groups in total. The number of rotatable bonds is 3. The van der Waals surface area contributed by atoms with Gasteiger partial charge in [-0.15, -0.1) is 0 Å². The molecule has 1 aromatic rings. The van der Waals surface area contributed by atoms with Crippen molar-refractivity contribution in [3.8, 4) is 5.88 Å². The molecule has 76 valence electrons. The predicted octanol–water partition coefficient (Wildman–Crippen LogP) is 0.597. The quantitative estimate of drug-likeness (QED) is 0.693. The third-order valence-corrected chi connectivity index (χ3v) is 1.63. The minimum atomic E-state index is -0.139. The maximum absolute atomic E-state index is 11.1. The fourth-order valence-corrected chi connectivity index (χ4v) is 0.804. The molecule has 1 amide bonds. The molecule has 1 rings (SSSR count). The Morgan fingerprint density at radius 2 is 2.36 bits per heavy atom. The lowest BCUT2D eigenvalue weighted by molar-refractivity contribution is -0.130. The van der Waals surface area contributed by atoms with Gasteiger partial charge in [0.25, 0.3) is 5.91 Å². The number of amides is 1. The van der Waals surface area contributed by atoms with Crippen LogP contribution in [0.3, 0.4) is 0 Å². The highest BCUT2D eigenvalue weighted by Gasteiger charge is 2.05. The molecule has 5 nitrogen and oxygen atoms in total. The van der Waals surface area contributed by atoms with Crippen LogP contribution < -0.4 is 4.74 Å².